The summed E-state index contributed by atoms with van der Waals surface area (Å²) in [4.78, 5) is 38.2. The SMILES string of the molecule is CN1CCCN(Cc2ccc(NC(=O)Cc3cccc(C#Cc4cnc(N)nc4-c4cc5c(n4C)CCNC5=O)c3)cc2C(F)(F)F)CC1. The number of carbonyl (C=O) groups excluding carboxylic acids is 2. The van der Waals surface area contributed by atoms with Gasteiger partial charge in [-0.15, -0.1) is 0 Å². The van der Waals surface area contributed by atoms with Gasteiger partial charge in [0.15, 0.2) is 0 Å². The molecule has 0 spiro atoms. The van der Waals surface area contributed by atoms with E-state index in [1.165, 1.54) is 18.3 Å². The largest absolute Gasteiger partial charge is 0.416 e. The highest BCUT2D eigenvalue weighted by molar-refractivity contribution is 5.98. The van der Waals surface area contributed by atoms with Crippen molar-refractivity contribution in [2.45, 2.75) is 32.0 Å². The minimum atomic E-state index is -4.56. The number of carbonyl (C=O) groups is 2. The molecule has 4 N–H and O–H groups in total. The second kappa shape index (κ2) is 14.1. The van der Waals surface area contributed by atoms with Crippen LogP contribution in [0.5, 0.6) is 0 Å². The van der Waals surface area contributed by atoms with Gasteiger partial charge in [0, 0.05) is 62.8 Å². The van der Waals surface area contributed by atoms with Crippen LogP contribution in [0.4, 0.5) is 24.8 Å². The summed E-state index contributed by atoms with van der Waals surface area (Å²) in [5, 5.41) is 5.48. The zero-order chi connectivity index (χ0) is 34.7. The molecule has 0 radical (unpaired) electrons. The highest BCUT2D eigenvalue weighted by atomic mass is 19.4. The van der Waals surface area contributed by atoms with Gasteiger partial charge in [-0.1, -0.05) is 30.0 Å². The van der Waals surface area contributed by atoms with Crippen LogP contribution in [0.3, 0.4) is 0 Å². The quantitative estimate of drug-likeness (QED) is 0.265. The molecule has 0 unspecified atom stereocenters. The van der Waals surface area contributed by atoms with E-state index >= 15 is 0 Å². The van der Waals surface area contributed by atoms with Crippen molar-refractivity contribution in [3.05, 3.63) is 93.8 Å². The molecule has 0 atom stereocenters. The molecule has 4 heterocycles. The predicted molar refractivity (Wildman–Crippen MR) is 180 cm³/mol. The standard InChI is InChI=1S/C36H37F3N8O2/c1-45-13-4-14-47(16-15-45)22-26-9-10-27(19-29(26)36(37,38)39)43-32(48)18-24-6-3-5-23(17-24)7-8-25-21-42-35(40)44-33(25)31-20-28-30(46(31)2)11-12-41-34(28)49/h3,5-6,9-10,17,19-21H,4,11-16,18,22H2,1-2H3,(H,41,49)(H,43,48)(H2,40,42,44). The number of hydrogen-bond acceptors (Lipinski definition) is 7. The third-order valence-corrected chi connectivity index (χ3v) is 8.84. The summed E-state index contributed by atoms with van der Waals surface area (Å²) in [7, 11) is 3.88. The summed E-state index contributed by atoms with van der Waals surface area (Å²) in [6, 6.07) is 12.8. The van der Waals surface area contributed by atoms with Gasteiger partial charge in [-0.3, -0.25) is 14.5 Å². The van der Waals surface area contributed by atoms with Gasteiger partial charge in [-0.2, -0.15) is 13.2 Å². The zero-order valence-corrected chi connectivity index (χ0v) is 27.3. The number of aromatic nitrogens is 3. The van der Waals surface area contributed by atoms with E-state index in [-0.39, 0.29) is 36.1 Å². The Morgan fingerprint density at radius 2 is 1.90 bits per heavy atom. The molecular weight excluding hydrogens is 633 g/mol. The lowest BCUT2D eigenvalue weighted by Gasteiger charge is -2.23. The third kappa shape index (κ3) is 7.93. The fourth-order valence-electron chi connectivity index (χ4n) is 6.29. The number of nitrogens with one attached hydrogen (secondary N) is 2. The molecule has 1 saturated heterocycles. The number of nitrogens with two attached hydrogens (primary N) is 1. The van der Waals surface area contributed by atoms with Crippen molar-refractivity contribution >= 4 is 23.5 Å². The van der Waals surface area contributed by atoms with Gasteiger partial charge in [-0.05, 0) is 68.0 Å². The van der Waals surface area contributed by atoms with Crippen LogP contribution in [0.2, 0.25) is 0 Å². The maximum absolute atomic E-state index is 14.1. The van der Waals surface area contributed by atoms with E-state index in [0.717, 1.165) is 37.8 Å². The smallest absolute Gasteiger partial charge is 0.368 e. The topological polar surface area (TPSA) is 121 Å². The van der Waals surface area contributed by atoms with Gasteiger partial charge in [0.1, 0.15) is 5.69 Å². The number of benzene rings is 2. The highest BCUT2D eigenvalue weighted by Crippen LogP contribution is 2.35. The van der Waals surface area contributed by atoms with E-state index in [0.29, 0.717) is 53.2 Å². The Balaban J connectivity index is 1.17. The van der Waals surface area contributed by atoms with Gasteiger partial charge >= 0.3 is 6.18 Å². The number of halogens is 3. The molecule has 2 aromatic heterocycles. The first-order valence-electron chi connectivity index (χ1n) is 16.1. The Bertz CT molecular complexity index is 1960. The molecule has 4 aromatic rings. The molecule has 0 aliphatic carbocycles. The normalized spacial score (nSPS) is 15.5. The molecule has 0 saturated carbocycles. The Hall–Kier alpha value is -5.19. The van der Waals surface area contributed by atoms with Crippen LogP contribution >= 0.6 is 0 Å². The first-order valence-corrected chi connectivity index (χ1v) is 16.1. The minimum absolute atomic E-state index is 0.0624. The van der Waals surface area contributed by atoms with Crippen LogP contribution in [0.1, 0.15) is 50.3 Å². The van der Waals surface area contributed by atoms with Crippen molar-refractivity contribution in [2.75, 3.05) is 50.8 Å². The van der Waals surface area contributed by atoms with Crippen molar-refractivity contribution in [2.24, 2.45) is 7.05 Å². The Kier molecular flexibility index (Phi) is 9.71. The molecule has 2 aliphatic heterocycles. The highest BCUT2D eigenvalue weighted by Gasteiger charge is 2.34. The molecule has 10 nitrogen and oxygen atoms in total. The summed E-state index contributed by atoms with van der Waals surface area (Å²) in [6.45, 7) is 3.88. The van der Waals surface area contributed by atoms with E-state index in [2.05, 4.69) is 37.3 Å². The molecule has 1 fully saturated rings. The van der Waals surface area contributed by atoms with Crippen LogP contribution in [0, 0.1) is 11.8 Å². The van der Waals surface area contributed by atoms with Crippen LogP contribution in [0.15, 0.2) is 54.7 Å². The number of fused-ring (bicyclic) bond motifs is 1. The van der Waals surface area contributed by atoms with E-state index < -0.39 is 17.6 Å². The predicted octanol–water partition coefficient (Wildman–Crippen LogP) is 4.09. The Morgan fingerprint density at radius 3 is 2.69 bits per heavy atom. The molecule has 2 aromatic carbocycles. The van der Waals surface area contributed by atoms with Crippen molar-refractivity contribution in [3.63, 3.8) is 0 Å². The molecule has 254 valence electrons. The average Bonchev–Trinajstić information content (AvgIpc) is 3.26. The van der Waals surface area contributed by atoms with Gasteiger partial charge in [0.05, 0.1) is 28.8 Å². The van der Waals surface area contributed by atoms with Crippen molar-refractivity contribution in [1.82, 2.24) is 29.7 Å². The first kappa shape index (κ1) is 33.7. The monoisotopic (exact) mass is 670 g/mol. The number of nitrogens with zero attached hydrogens (tertiary/aromatic N) is 5. The fourth-order valence-corrected chi connectivity index (χ4v) is 6.29. The third-order valence-electron chi connectivity index (χ3n) is 8.84. The molecular formula is C36H37F3N8O2. The number of likely N-dealkylation sites (N-methyl/N-ethyl adjacent to an activating group) is 1. The maximum Gasteiger partial charge on any atom is 0.416 e. The van der Waals surface area contributed by atoms with Gasteiger partial charge < -0.3 is 25.8 Å². The number of anilines is 2. The van der Waals surface area contributed by atoms with Crippen molar-refractivity contribution in [3.8, 4) is 23.2 Å². The summed E-state index contributed by atoms with van der Waals surface area (Å²) in [6.07, 6.45) is -1.51. The maximum atomic E-state index is 14.1. The van der Waals surface area contributed by atoms with Crippen LogP contribution in [0.25, 0.3) is 11.4 Å². The summed E-state index contributed by atoms with van der Waals surface area (Å²) in [5.41, 5.74) is 9.85. The fraction of sp³-hybridized carbons (Fsp3) is 0.333. The zero-order valence-electron chi connectivity index (χ0n) is 27.3. The molecule has 2 amide bonds. The lowest BCUT2D eigenvalue weighted by molar-refractivity contribution is -0.138. The Morgan fingerprint density at radius 1 is 1.06 bits per heavy atom. The van der Waals surface area contributed by atoms with E-state index in [1.807, 2.05) is 23.6 Å². The minimum Gasteiger partial charge on any atom is -0.368 e. The lowest BCUT2D eigenvalue weighted by atomic mass is 10.0. The van der Waals surface area contributed by atoms with Crippen LogP contribution in [-0.2, 0) is 37.4 Å². The average molecular weight is 671 g/mol. The summed E-state index contributed by atoms with van der Waals surface area (Å²) >= 11 is 0. The molecule has 0 bridgehead atoms. The first-order chi connectivity index (χ1) is 23.4. The molecule has 2 aliphatic rings. The van der Waals surface area contributed by atoms with Crippen molar-refractivity contribution in [1.29, 1.82) is 0 Å². The van der Waals surface area contributed by atoms with Crippen LogP contribution < -0.4 is 16.4 Å². The second-order valence-corrected chi connectivity index (χ2v) is 12.4. The van der Waals surface area contributed by atoms with Crippen LogP contribution in [-0.4, -0.2) is 75.9 Å². The van der Waals surface area contributed by atoms with E-state index in [4.69, 9.17) is 5.73 Å². The number of nitrogen functional groups attached to an aromatic ring is 1. The number of hydrogen-bond donors (Lipinski definition) is 3. The molecule has 49 heavy (non-hydrogen) atoms. The number of alkyl halides is 3. The van der Waals surface area contributed by atoms with E-state index in [9.17, 15) is 22.8 Å². The summed E-state index contributed by atoms with van der Waals surface area (Å²) < 4.78 is 44.2. The number of rotatable bonds is 6. The molecule has 13 heteroatoms. The second-order valence-electron chi connectivity index (χ2n) is 12.4. The molecule has 6 rings (SSSR count). The van der Waals surface area contributed by atoms with Crippen molar-refractivity contribution < 1.29 is 22.8 Å². The lowest BCUT2D eigenvalue weighted by Crippen LogP contribution is -2.31. The van der Waals surface area contributed by atoms with E-state index in [1.54, 1.807) is 30.3 Å². The van der Waals surface area contributed by atoms with Gasteiger partial charge in [0.25, 0.3) is 5.91 Å². The Labute approximate surface area is 282 Å². The van der Waals surface area contributed by atoms with Gasteiger partial charge in [-0.25, -0.2) is 9.97 Å². The number of amides is 2. The summed E-state index contributed by atoms with van der Waals surface area (Å²) in [5.74, 6) is 5.66. The van der Waals surface area contributed by atoms with Gasteiger partial charge in [0.2, 0.25) is 11.9 Å².